The molecule has 0 aromatic carbocycles. The molecule has 80 valence electrons. The summed E-state index contributed by atoms with van der Waals surface area (Å²) in [6.45, 7) is 5.19. The highest BCUT2D eigenvalue weighted by atomic mass is 16.8. The van der Waals surface area contributed by atoms with Crippen LogP contribution < -0.4 is 0 Å². The second kappa shape index (κ2) is 3.05. The van der Waals surface area contributed by atoms with E-state index < -0.39 is 12.2 Å². The molecule has 0 radical (unpaired) electrons. The van der Waals surface area contributed by atoms with Gasteiger partial charge in [0.1, 0.15) is 0 Å². The highest BCUT2D eigenvalue weighted by molar-refractivity contribution is 6.93. The third kappa shape index (κ3) is 1.49. The van der Waals surface area contributed by atoms with Gasteiger partial charge in [-0.1, -0.05) is 20.8 Å². The van der Waals surface area contributed by atoms with E-state index in [9.17, 15) is 4.79 Å². The Kier molecular flexibility index (Phi) is 2.21. The van der Waals surface area contributed by atoms with Crippen molar-refractivity contribution in [3.63, 3.8) is 0 Å². The minimum atomic E-state index is -2.11. The molecule has 0 aliphatic carbocycles. The Hall–Kier alpha value is -0.385. The fraction of sp³-hybridized carbons (Fsp3) is 0.889. The third-order valence-corrected chi connectivity index (χ3v) is 2.71. The number of hydrogen-bond donors (Lipinski definition) is 0. The molecule has 0 aromatic rings. The lowest BCUT2D eigenvalue weighted by atomic mass is 9.60. The number of rotatable bonds is 1. The first-order valence-corrected chi connectivity index (χ1v) is 5.04. The van der Waals surface area contributed by atoms with E-state index in [4.69, 9.17) is 14.0 Å². The lowest BCUT2D eigenvalue weighted by Gasteiger charge is -2.53. The van der Waals surface area contributed by atoms with Gasteiger partial charge in [0.05, 0.1) is 5.68 Å². The summed E-state index contributed by atoms with van der Waals surface area (Å²) in [6.07, 6.45) is 0. The summed E-state index contributed by atoms with van der Waals surface area (Å²) in [7, 11) is 0. The predicted octanol–water partition coefficient (Wildman–Crippen LogP) is 0.773. The van der Waals surface area contributed by atoms with E-state index in [1.54, 1.807) is 0 Å². The van der Waals surface area contributed by atoms with E-state index in [0.29, 0.717) is 25.7 Å². The quantitative estimate of drug-likeness (QED) is 0.585. The SMILES string of the molecule is CC(C)(C)C(=O)[B-]12OCC(CO1)CO2. The van der Waals surface area contributed by atoms with Crippen LogP contribution >= 0.6 is 0 Å². The molecule has 0 aromatic heterocycles. The van der Waals surface area contributed by atoms with Crippen LogP contribution in [0.25, 0.3) is 0 Å². The summed E-state index contributed by atoms with van der Waals surface area (Å²) in [4.78, 5) is 12.1. The molecule has 5 heteroatoms. The van der Waals surface area contributed by atoms with Gasteiger partial charge in [0.2, 0.25) is 0 Å². The summed E-state index contributed by atoms with van der Waals surface area (Å²) in [5, 5.41) is 0. The maximum atomic E-state index is 12.1. The van der Waals surface area contributed by atoms with Crippen LogP contribution in [0.3, 0.4) is 0 Å². The number of carbonyl (C=O) groups is 1. The molecule has 0 N–H and O–H groups in total. The Labute approximate surface area is 83.9 Å². The maximum absolute atomic E-state index is 12.1. The minimum absolute atomic E-state index is 0.0735. The van der Waals surface area contributed by atoms with E-state index in [1.807, 2.05) is 20.8 Å². The minimum Gasteiger partial charge on any atom is -0.538 e. The van der Waals surface area contributed by atoms with E-state index in [-0.39, 0.29) is 5.68 Å². The molecule has 3 rings (SSSR count). The molecule has 2 bridgehead atoms. The van der Waals surface area contributed by atoms with Gasteiger partial charge in [-0.3, -0.25) is 0 Å². The Morgan fingerprint density at radius 1 is 1.14 bits per heavy atom. The molecule has 3 saturated heterocycles. The van der Waals surface area contributed by atoms with E-state index >= 15 is 0 Å². The molecule has 0 spiro atoms. The topological polar surface area (TPSA) is 44.8 Å². The first-order valence-electron chi connectivity index (χ1n) is 5.04. The van der Waals surface area contributed by atoms with Crippen LogP contribution in [0.15, 0.2) is 0 Å². The Morgan fingerprint density at radius 3 is 1.93 bits per heavy atom. The van der Waals surface area contributed by atoms with Gasteiger partial charge in [0, 0.05) is 25.7 Å². The Balaban J connectivity index is 2.19. The summed E-state index contributed by atoms with van der Waals surface area (Å²) < 4.78 is 16.3. The van der Waals surface area contributed by atoms with Crippen LogP contribution in [0.1, 0.15) is 20.8 Å². The van der Waals surface area contributed by atoms with Crippen molar-refractivity contribution in [3.8, 4) is 0 Å². The van der Waals surface area contributed by atoms with Crippen molar-refractivity contribution in [2.24, 2.45) is 11.3 Å². The first-order chi connectivity index (χ1) is 6.44. The van der Waals surface area contributed by atoms with E-state index in [1.165, 1.54) is 0 Å². The van der Waals surface area contributed by atoms with Crippen molar-refractivity contribution in [1.29, 1.82) is 0 Å². The monoisotopic (exact) mass is 199 g/mol. The number of carbonyl (C=O) groups excluding carboxylic acids is 1. The van der Waals surface area contributed by atoms with Crippen LogP contribution in [0, 0.1) is 11.3 Å². The van der Waals surface area contributed by atoms with Crippen molar-refractivity contribution >= 4 is 12.4 Å². The predicted molar refractivity (Wildman–Crippen MR) is 51.6 cm³/mol. The molecular formula is C9H16BO4-. The van der Waals surface area contributed by atoms with E-state index in [0.717, 1.165) is 0 Å². The summed E-state index contributed by atoms with van der Waals surface area (Å²) >= 11 is 0. The fourth-order valence-corrected chi connectivity index (χ4v) is 1.83. The second-order valence-corrected chi connectivity index (χ2v) is 5.12. The van der Waals surface area contributed by atoms with Crippen LogP contribution in [0.2, 0.25) is 0 Å². The third-order valence-electron chi connectivity index (χ3n) is 2.71. The van der Waals surface area contributed by atoms with Gasteiger partial charge in [-0.05, 0) is 5.41 Å². The Morgan fingerprint density at radius 2 is 1.57 bits per heavy atom. The molecule has 0 atom stereocenters. The van der Waals surface area contributed by atoms with Crippen molar-refractivity contribution < 1.29 is 18.8 Å². The van der Waals surface area contributed by atoms with Gasteiger partial charge in [-0.2, -0.15) is 0 Å². The molecule has 0 saturated carbocycles. The van der Waals surface area contributed by atoms with Crippen molar-refractivity contribution in [2.75, 3.05) is 19.8 Å². The molecule has 3 aliphatic heterocycles. The van der Waals surface area contributed by atoms with Gasteiger partial charge in [0.25, 0.3) is 0 Å². The molecule has 3 heterocycles. The smallest absolute Gasteiger partial charge is 0.445 e. The molecule has 4 nitrogen and oxygen atoms in total. The lowest BCUT2D eigenvalue weighted by molar-refractivity contribution is -0.138. The second-order valence-electron chi connectivity index (χ2n) is 5.12. The number of hydrogen-bond acceptors (Lipinski definition) is 4. The van der Waals surface area contributed by atoms with Gasteiger partial charge in [-0.15, -0.1) is 0 Å². The van der Waals surface area contributed by atoms with Gasteiger partial charge >= 0.3 is 6.75 Å². The lowest BCUT2D eigenvalue weighted by Crippen LogP contribution is -2.66. The normalized spacial score (nSPS) is 37.2. The summed E-state index contributed by atoms with van der Waals surface area (Å²) in [5.41, 5.74) is -0.555. The number of fused-ring (bicyclic) bond motifs is 3. The summed E-state index contributed by atoms with van der Waals surface area (Å²) in [5.74, 6) is 0.298. The van der Waals surface area contributed by atoms with Crippen molar-refractivity contribution in [2.45, 2.75) is 20.8 Å². The highest BCUT2D eigenvalue weighted by Crippen LogP contribution is 2.32. The largest absolute Gasteiger partial charge is 0.538 e. The Bertz CT molecular complexity index is 236. The summed E-state index contributed by atoms with van der Waals surface area (Å²) in [6, 6.07) is 0. The zero-order valence-electron chi connectivity index (χ0n) is 8.91. The van der Waals surface area contributed by atoms with Crippen LogP contribution in [-0.2, 0) is 18.8 Å². The average Bonchev–Trinajstić information content (AvgIpc) is 2.18. The van der Waals surface area contributed by atoms with Crippen LogP contribution in [0.5, 0.6) is 0 Å². The van der Waals surface area contributed by atoms with Gasteiger partial charge in [0.15, 0.2) is 0 Å². The van der Waals surface area contributed by atoms with Gasteiger partial charge in [-0.25, -0.2) is 0 Å². The molecule has 0 unspecified atom stereocenters. The first kappa shape index (κ1) is 10.1. The van der Waals surface area contributed by atoms with E-state index in [2.05, 4.69) is 0 Å². The molecule has 3 aliphatic rings. The van der Waals surface area contributed by atoms with Crippen molar-refractivity contribution in [3.05, 3.63) is 0 Å². The molecule has 0 amide bonds. The zero-order valence-corrected chi connectivity index (χ0v) is 8.91. The average molecular weight is 199 g/mol. The standard InChI is InChI=1S/C9H16BO4/c1-9(2,3)8(11)10-12-4-7(5-13-10)6-14-10/h7H,4-6H2,1-3H3/q-1. The van der Waals surface area contributed by atoms with Crippen LogP contribution in [-0.4, -0.2) is 32.3 Å². The molecule has 3 fully saturated rings. The zero-order chi connectivity index (χ0) is 10.4. The molecule has 14 heavy (non-hydrogen) atoms. The van der Waals surface area contributed by atoms with Crippen molar-refractivity contribution in [1.82, 2.24) is 0 Å². The highest BCUT2D eigenvalue weighted by Gasteiger charge is 2.49. The maximum Gasteiger partial charge on any atom is 0.445 e. The fourth-order valence-electron chi connectivity index (χ4n) is 1.83. The molecular weight excluding hydrogens is 183 g/mol. The van der Waals surface area contributed by atoms with Crippen LogP contribution in [0.4, 0.5) is 0 Å². The van der Waals surface area contributed by atoms with Gasteiger partial charge < -0.3 is 18.8 Å².